The zero-order valence-electron chi connectivity index (χ0n) is 15.6. The lowest BCUT2D eigenvalue weighted by Gasteiger charge is -2.35. The second kappa shape index (κ2) is 7.48. The Kier molecular flexibility index (Phi) is 5.33. The lowest BCUT2D eigenvalue weighted by molar-refractivity contribution is 0.135. The predicted molar refractivity (Wildman–Crippen MR) is 101 cm³/mol. The summed E-state index contributed by atoms with van der Waals surface area (Å²) in [6.07, 6.45) is 4.84. The molecule has 0 amide bonds. The summed E-state index contributed by atoms with van der Waals surface area (Å²) in [5.41, 5.74) is 2.49. The fourth-order valence-electron chi connectivity index (χ4n) is 3.96. The molecular weight excluding hydrogens is 316 g/mol. The number of methoxy groups -OCH3 is 2. The molecule has 136 valence electrons. The van der Waals surface area contributed by atoms with E-state index in [4.69, 9.17) is 9.47 Å². The zero-order valence-corrected chi connectivity index (χ0v) is 15.6. The maximum atomic E-state index is 13.3. The number of nitrogens with one attached hydrogen (secondary N) is 1. The molecule has 1 aliphatic heterocycles. The summed E-state index contributed by atoms with van der Waals surface area (Å²) < 4.78 is 10.9. The van der Waals surface area contributed by atoms with Crippen LogP contribution >= 0.6 is 0 Å². The van der Waals surface area contributed by atoms with Crippen molar-refractivity contribution in [2.24, 2.45) is 0 Å². The molecule has 1 aromatic heterocycles. The highest BCUT2D eigenvalue weighted by atomic mass is 16.5. The van der Waals surface area contributed by atoms with E-state index in [9.17, 15) is 4.79 Å². The Hall–Kier alpha value is -2.01. The minimum Gasteiger partial charge on any atom is -0.496 e. The number of benzene rings is 1. The number of fused-ring (bicyclic) bond motifs is 1. The molecule has 1 atom stereocenters. The van der Waals surface area contributed by atoms with Crippen molar-refractivity contribution in [3.8, 4) is 11.5 Å². The number of nitrogens with zero attached hydrogens (tertiary/aromatic N) is 1. The maximum absolute atomic E-state index is 13.3. The second-order valence-corrected chi connectivity index (χ2v) is 6.81. The first-order chi connectivity index (χ1) is 12.1. The molecule has 1 saturated heterocycles. The van der Waals surface area contributed by atoms with Gasteiger partial charge >= 0.3 is 0 Å². The predicted octanol–water partition coefficient (Wildman–Crippen LogP) is 3.62. The third-order valence-corrected chi connectivity index (χ3v) is 5.42. The van der Waals surface area contributed by atoms with E-state index in [1.165, 1.54) is 19.3 Å². The SMILES string of the molecule is CC[C@@H]1CCCCN1Cc1c(C)[nH]c2c(OC)ccc(OC)c2c1=O. The Labute approximate surface area is 148 Å². The first kappa shape index (κ1) is 17.8. The van der Waals surface area contributed by atoms with Crippen molar-refractivity contribution in [2.75, 3.05) is 20.8 Å². The summed E-state index contributed by atoms with van der Waals surface area (Å²) in [7, 11) is 3.21. The maximum Gasteiger partial charge on any atom is 0.198 e. The highest BCUT2D eigenvalue weighted by Gasteiger charge is 2.24. The molecule has 3 rings (SSSR count). The number of pyridine rings is 1. The molecule has 0 aliphatic carbocycles. The molecule has 1 aromatic carbocycles. The van der Waals surface area contributed by atoms with Gasteiger partial charge < -0.3 is 14.5 Å². The Bertz CT molecular complexity index is 813. The first-order valence-corrected chi connectivity index (χ1v) is 9.11. The van der Waals surface area contributed by atoms with Gasteiger partial charge in [0.2, 0.25) is 0 Å². The van der Waals surface area contributed by atoms with Crippen molar-refractivity contribution in [3.63, 3.8) is 0 Å². The molecule has 25 heavy (non-hydrogen) atoms. The molecule has 1 fully saturated rings. The molecule has 2 heterocycles. The number of aromatic nitrogens is 1. The number of H-pyrrole nitrogens is 1. The molecule has 0 saturated carbocycles. The number of likely N-dealkylation sites (tertiary alicyclic amines) is 1. The molecule has 0 unspecified atom stereocenters. The van der Waals surface area contributed by atoms with Crippen LogP contribution in [0, 0.1) is 6.92 Å². The van der Waals surface area contributed by atoms with Crippen LogP contribution in [0.5, 0.6) is 11.5 Å². The molecule has 1 N–H and O–H groups in total. The number of hydrogen-bond acceptors (Lipinski definition) is 4. The van der Waals surface area contributed by atoms with E-state index in [-0.39, 0.29) is 5.43 Å². The van der Waals surface area contributed by atoms with Gasteiger partial charge in [-0.2, -0.15) is 0 Å². The van der Waals surface area contributed by atoms with E-state index in [0.717, 1.165) is 24.2 Å². The summed E-state index contributed by atoms with van der Waals surface area (Å²) in [5, 5.41) is 0.576. The van der Waals surface area contributed by atoms with Gasteiger partial charge in [0.25, 0.3) is 0 Å². The van der Waals surface area contributed by atoms with Gasteiger partial charge in [0.05, 0.1) is 25.1 Å². The number of rotatable bonds is 5. The van der Waals surface area contributed by atoms with Crippen LogP contribution in [-0.2, 0) is 6.54 Å². The summed E-state index contributed by atoms with van der Waals surface area (Å²) in [6, 6.07) is 4.19. The third-order valence-electron chi connectivity index (χ3n) is 5.42. The number of hydrogen-bond donors (Lipinski definition) is 1. The fourth-order valence-corrected chi connectivity index (χ4v) is 3.96. The smallest absolute Gasteiger partial charge is 0.198 e. The molecule has 5 nitrogen and oxygen atoms in total. The molecule has 1 aliphatic rings. The van der Waals surface area contributed by atoms with Crippen molar-refractivity contribution in [1.82, 2.24) is 9.88 Å². The minimum absolute atomic E-state index is 0.0439. The van der Waals surface area contributed by atoms with Crippen LogP contribution in [0.1, 0.15) is 43.9 Å². The van der Waals surface area contributed by atoms with Gasteiger partial charge in [0.15, 0.2) is 5.43 Å². The Morgan fingerprint density at radius 2 is 1.92 bits per heavy atom. The van der Waals surface area contributed by atoms with E-state index in [1.807, 2.05) is 13.0 Å². The quantitative estimate of drug-likeness (QED) is 0.900. The van der Waals surface area contributed by atoms with Crippen LogP contribution in [-0.4, -0.2) is 36.7 Å². The zero-order chi connectivity index (χ0) is 18.0. The minimum atomic E-state index is 0.0439. The lowest BCUT2D eigenvalue weighted by atomic mass is 9.98. The van der Waals surface area contributed by atoms with Crippen LogP contribution < -0.4 is 14.9 Å². The first-order valence-electron chi connectivity index (χ1n) is 9.11. The average molecular weight is 344 g/mol. The number of aryl methyl sites for hydroxylation is 1. The third kappa shape index (κ3) is 3.25. The van der Waals surface area contributed by atoms with E-state index in [0.29, 0.717) is 35.0 Å². The summed E-state index contributed by atoms with van der Waals surface area (Å²) in [5.74, 6) is 1.25. The highest BCUT2D eigenvalue weighted by molar-refractivity contribution is 5.90. The van der Waals surface area contributed by atoms with Crippen LogP contribution in [0.15, 0.2) is 16.9 Å². The molecule has 0 radical (unpaired) electrons. The van der Waals surface area contributed by atoms with Crippen LogP contribution in [0.25, 0.3) is 10.9 Å². The summed E-state index contributed by atoms with van der Waals surface area (Å²) in [6.45, 7) is 5.95. The largest absolute Gasteiger partial charge is 0.496 e. The summed E-state index contributed by atoms with van der Waals surface area (Å²) >= 11 is 0. The lowest BCUT2D eigenvalue weighted by Crippen LogP contribution is -2.39. The standard InChI is InChI=1S/C20H28N2O3/c1-5-14-8-6-7-11-22(14)12-15-13(2)21-19-17(25-4)10-9-16(24-3)18(19)20(15)23/h9-10,14H,5-8,11-12H2,1-4H3,(H,21,23)/t14-/m1/s1. The van der Waals surface area contributed by atoms with Crippen molar-refractivity contribution in [1.29, 1.82) is 0 Å². The van der Waals surface area contributed by atoms with Gasteiger partial charge in [-0.25, -0.2) is 0 Å². The fraction of sp³-hybridized carbons (Fsp3) is 0.550. The topological polar surface area (TPSA) is 54.6 Å². The summed E-state index contributed by atoms with van der Waals surface area (Å²) in [4.78, 5) is 19.1. The normalized spacial score (nSPS) is 18.5. The second-order valence-electron chi connectivity index (χ2n) is 6.81. The van der Waals surface area contributed by atoms with Crippen molar-refractivity contribution >= 4 is 10.9 Å². The Morgan fingerprint density at radius 1 is 1.20 bits per heavy atom. The van der Waals surface area contributed by atoms with Crippen LogP contribution in [0.3, 0.4) is 0 Å². The van der Waals surface area contributed by atoms with Crippen molar-refractivity contribution < 1.29 is 9.47 Å². The van der Waals surface area contributed by atoms with Gasteiger partial charge in [0, 0.05) is 23.8 Å². The van der Waals surface area contributed by atoms with E-state index in [2.05, 4.69) is 16.8 Å². The monoisotopic (exact) mass is 344 g/mol. The Morgan fingerprint density at radius 3 is 2.60 bits per heavy atom. The number of piperidine rings is 1. The molecule has 5 heteroatoms. The molecule has 0 bridgehead atoms. The van der Waals surface area contributed by atoms with E-state index in [1.54, 1.807) is 20.3 Å². The molecular formula is C20H28N2O3. The van der Waals surface area contributed by atoms with E-state index >= 15 is 0 Å². The van der Waals surface area contributed by atoms with Crippen LogP contribution in [0.4, 0.5) is 0 Å². The molecule has 0 spiro atoms. The van der Waals surface area contributed by atoms with Gasteiger partial charge in [-0.15, -0.1) is 0 Å². The van der Waals surface area contributed by atoms with Gasteiger partial charge in [-0.05, 0) is 44.9 Å². The van der Waals surface area contributed by atoms with Gasteiger partial charge in [-0.1, -0.05) is 13.3 Å². The molecule has 2 aromatic rings. The van der Waals surface area contributed by atoms with Gasteiger partial charge in [0.1, 0.15) is 11.5 Å². The average Bonchev–Trinajstić information content (AvgIpc) is 2.64. The highest BCUT2D eigenvalue weighted by Crippen LogP contribution is 2.31. The Balaban J connectivity index is 2.11. The van der Waals surface area contributed by atoms with Crippen LogP contribution in [0.2, 0.25) is 0 Å². The van der Waals surface area contributed by atoms with Crippen molar-refractivity contribution in [3.05, 3.63) is 33.6 Å². The van der Waals surface area contributed by atoms with E-state index < -0.39 is 0 Å². The number of ether oxygens (including phenoxy) is 2. The van der Waals surface area contributed by atoms with Crippen molar-refractivity contribution in [2.45, 2.75) is 52.1 Å². The number of aromatic amines is 1. The van der Waals surface area contributed by atoms with Gasteiger partial charge in [-0.3, -0.25) is 9.69 Å².